The standard InChI is InChI=1S/C24H27N9O13P2/c1-3-4-40-18-16-12(44-24(18)32-8-28-13-19(25)26-7-27-20(13)32)6-42-48(38,39)46-17-15(34)11(5-41-47(36,37)45-16)43-23(17)33-9-29-14-21(33)30-10(2)31-22(14)35/h1,7-9,11-12,15-18,23-24,34H,4-6H2,2H3,(H,36,37)(H,38,39)(H2,25,26,27)(H,30,31,35)/t11-,12-,15?,16+,17+,18?,23-,24-/m1/s1. The average Bonchev–Trinajstić information content (AvgIpc) is 3.79. The van der Waals surface area contributed by atoms with Gasteiger partial charge in [0.15, 0.2) is 35.1 Å². The molecular formula is C24H27N9O13P2. The van der Waals surface area contributed by atoms with E-state index < -0.39 is 83.5 Å². The van der Waals surface area contributed by atoms with Gasteiger partial charge in [-0.1, -0.05) is 5.92 Å². The minimum absolute atomic E-state index is 0.000100. The van der Waals surface area contributed by atoms with Crippen LogP contribution >= 0.6 is 15.6 Å². The van der Waals surface area contributed by atoms with E-state index in [4.69, 9.17) is 44.5 Å². The zero-order valence-electron chi connectivity index (χ0n) is 24.6. The van der Waals surface area contributed by atoms with Crippen molar-refractivity contribution in [2.24, 2.45) is 0 Å². The summed E-state index contributed by atoms with van der Waals surface area (Å²) in [5, 5.41) is 11.1. The summed E-state index contributed by atoms with van der Waals surface area (Å²) in [5.74, 6) is 2.57. The second-order valence-corrected chi connectivity index (χ2v) is 13.6. The van der Waals surface area contributed by atoms with Gasteiger partial charge in [0.05, 0.1) is 25.9 Å². The highest BCUT2D eigenvalue weighted by Gasteiger charge is 2.54. The van der Waals surface area contributed by atoms with Crippen LogP contribution in [-0.4, -0.2) is 110 Å². The summed E-state index contributed by atoms with van der Waals surface area (Å²) in [6.07, 6.45) is -2.62. The molecule has 4 aromatic heterocycles. The lowest BCUT2D eigenvalue weighted by atomic mass is 10.1. The average molecular weight is 711 g/mol. The molecule has 256 valence electrons. The van der Waals surface area contributed by atoms with Crippen LogP contribution in [0.2, 0.25) is 0 Å². The number of aryl methyl sites for hydroxylation is 1. The maximum absolute atomic E-state index is 13.4. The number of rotatable bonds is 4. The van der Waals surface area contributed by atoms with Crippen LogP contribution in [0.3, 0.4) is 0 Å². The Kier molecular flexibility index (Phi) is 8.44. The first kappa shape index (κ1) is 32.8. The minimum atomic E-state index is -5.10. The van der Waals surface area contributed by atoms with Crippen molar-refractivity contribution in [2.75, 3.05) is 25.6 Å². The normalized spacial score (nSPS) is 35.9. The fourth-order valence-corrected chi connectivity index (χ4v) is 7.58. The first-order chi connectivity index (χ1) is 22.9. The second kappa shape index (κ2) is 12.3. The zero-order valence-corrected chi connectivity index (χ0v) is 26.4. The monoisotopic (exact) mass is 711 g/mol. The van der Waals surface area contributed by atoms with E-state index in [1.54, 1.807) is 0 Å². The number of aliphatic hydroxyl groups excluding tert-OH is 1. The number of hydrogen-bond donors (Lipinski definition) is 5. The van der Waals surface area contributed by atoms with Gasteiger partial charge in [0.25, 0.3) is 5.56 Å². The van der Waals surface area contributed by atoms with Crippen LogP contribution in [0.15, 0.2) is 23.8 Å². The first-order valence-electron chi connectivity index (χ1n) is 14.1. The molecule has 2 bridgehead atoms. The minimum Gasteiger partial charge on any atom is -0.387 e. The van der Waals surface area contributed by atoms with Crippen molar-refractivity contribution in [3.8, 4) is 12.3 Å². The molecule has 48 heavy (non-hydrogen) atoms. The molecule has 7 heterocycles. The molecule has 0 saturated carbocycles. The highest BCUT2D eigenvalue weighted by atomic mass is 31.2. The predicted octanol–water partition coefficient (Wildman–Crippen LogP) is -0.958. The van der Waals surface area contributed by atoms with Gasteiger partial charge >= 0.3 is 15.6 Å². The van der Waals surface area contributed by atoms with Gasteiger partial charge in [-0.25, -0.2) is 34.0 Å². The Labute approximate surface area is 268 Å². The molecule has 10 atom stereocenters. The molecule has 3 aliphatic rings. The number of nitrogens with one attached hydrogen (secondary N) is 1. The summed E-state index contributed by atoms with van der Waals surface area (Å²) >= 11 is 0. The van der Waals surface area contributed by atoms with E-state index in [2.05, 4.69) is 35.8 Å². The van der Waals surface area contributed by atoms with Crippen LogP contribution < -0.4 is 11.3 Å². The van der Waals surface area contributed by atoms with Crippen molar-refractivity contribution in [3.05, 3.63) is 35.2 Å². The Morgan fingerprint density at radius 3 is 2.38 bits per heavy atom. The molecule has 6 N–H and O–H groups in total. The molecule has 0 radical (unpaired) electrons. The number of hydrogen-bond acceptors (Lipinski definition) is 17. The summed E-state index contributed by atoms with van der Waals surface area (Å²) in [4.78, 5) is 57.2. The smallest absolute Gasteiger partial charge is 0.387 e. The first-order valence-corrected chi connectivity index (χ1v) is 17.1. The molecule has 3 fully saturated rings. The van der Waals surface area contributed by atoms with Gasteiger partial charge in [-0.05, 0) is 6.92 Å². The number of phosphoric ester groups is 2. The van der Waals surface area contributed by atoms with Crippen LogP contribution in [0.5, 0.6) is 0 Å². The lowest BCUT2D eigenvalue weighted by Gasteiger charge is -2.27. The van der Waals surface area contributed by atoms with E-state index in [-0.39, 0.29) is 40.6 Å². The van der Waals surface area contributed by atoms with Crippen molar-refractivity contribution in [3.63, 3.8) is 0 Å². The second-order valence-electron chi connectivity index (χ2n) is 10.8. The highest BCUT2D eigenvalue weighted by Crippen LogP contribution is 2.54. The van der Waals surface area contributed by atoms with Crippen LogP contribution in [0.25, 0.3) is 22.3 Å². The van der Waals surface area contributed by atoms with Crippen LogP contribution in [0.4, 0.5) is 5.82 Å². The van der Waals surface area contributed by atoms with Crippen molar-refractivity contribution in [1.82, 2.24) is 39.0 Å². The van der Waals surface area contributed by atoms with Gasteiger partial charge < -0.3 is 39.8 Å². The molecule has 4 aromatic rings. The molecule has 7 rings (SSSR count). The zero-order chi connectivity index (χ0) is 34.0. The van der Waals surface area contributed by atoms with E-state index in [0.29, 0.717) is 0 Å². The Balaban J connectivity index is 1.23. The van der Waals surface area contributed by atoms with E-state index >= 15 is 0 Å². The van der Waals surface area contributed by atoms with Gasteiger partial charge in [0.2, 0.25) is 0 Å². The molecule has 22 nitrogen and oxygen atoms in total. The molecule has 0 spiro atoms. The third-order valence-corrected chi connectivity index (χ3v) is 9.73. The number of phosphoric acid groups is 2. The van der Waals surface area contributed by atoms with Crippen molar-refractivity contribution >= 4 is 43.8 Å². The number of H-pyrrole nitrogens is 1. The fourth-order valence-electron chi connectivity index (χ4n) is 5.69. The highest BCUT2D eigenvalue weighted by molar-refractivity contribution is 7.47. The van der Waals surface area contributed by atoms with Gasteiger partial charge in [-0.3, -0.25) is 32.0 Å². The number of nitrogens with two attached hydrogens (primary N) is 1. The van der Waals surface area contributed by atoms with Gasteiger partial charge in [-0.15, -0.1) is 6.42 Å². The van der Waals surface area contributed by atoms with Crippen molar-refractivity contribution in [2.45, 2.75) is 56.0 Å². The van der Waals surface area contributed by atoms with Gasteiger partial charge in [0.1, 0.15) is 60.9 Å². The number of aromatic amines is 1. The number of terminal acetylenes is 1. The molecule has 3 aliphatic heterocycles. The summed E-state index contributed by atoms with van der Waals surface area (Å²) in [7, 11) is -10.2. The SMILES string of the molecule is C#CCOC1[C@H]2OP(=O)(O)OC[C@H]3O[C@@H](n4cnc5c(=O)[nH]c(C)nc54)[C@@H](OP(=O)(O)OC[C@H]2O[C@H]1n1cnc2c(N)ncnc21)C3O. The van der Waals surface area contributed by atoms with Crippen LogP contribution in [0, 0.1) is 19.3 Å². The Morgan fingerprint density at radius 1 is 1.00 bits per heavy atom. The molecule has 4 unspecified atom stereocenters. The summed E-state index contributed by atoms with van der Waals surface area (Å²) in [6.45, 7) is -0.351. The molecule has 0 aliphatic carbocycles. The van der Waals surface area contributed by atoms with Crippen molar-refractivity contribution in [1.29, 1.82) is 0 Å². The molecular weight excluding hydrogens is 684 g/mol. The maximum Gasteiger partial charge on any atom is 0.472 e. The summed E-state index contributed by atoms with van der Waals surface area (Å²) < 4.78 is 68.6. The van der Waals surface area contributed by atoms with E-state index in [1.807, 2.05) is 0 Å². The van der Waals surface area contributed by atoms with E-state index in [1.165, 1.54) is 28.7 Å². The number of nitrogen functional groups attached to an aromatic ring is 1. The molecule has 0 aromatic carbocycles. The summed E-state index contributed by atoms with van der Waals surface area (Å²) in [5.41, 5.74) is 5.67. The number of nitrogens with zero attached hydrogens (tertiary/aromatic N) is 7. The Morgan fingerprint density at radius 2 is 1.65 bits per heavy atom. The van der Waals surface area contributed by atoms with Crippen LogP contribution in [0.1, 0.15) is 18.3 Å². The molecule has 3 saturated heterocycles. The molecule has 0 amide bonds. The topological polar surface area (TPSA) is 293 Å². The maximum atomic E-state index is 13.4. The number of aromatic nitrogens is 8. The number of fused-ring (bicyclic) bond motifs is 5. The lowest BCUT2D eigenvalue weighted by molar-refractivity contribution is -0.0682. The lowest BCUT2D eigenvalue weighted by Crippen LogP contribution is -2.38. The van der Waals surface area contributed by atoms with E-state index in [9.17, 15) is 28.8 Å². The van der Waals surface area contributed by atoms with Gasteiger partial charge in [-0.2, -0.15) is 0 Å². The number of anilines is 1. The van der Waals surface area contributed by atoms with Gasteiger partial charge in [0, 0.05) is 0 Å². The number of imidazole rings is 2. The Hall–Kier alpha value is -3.68. The quantitative estimate of drug-likeness (QED) is 0.126. The fraction of sp³-hybridized carbons (Fsp3) is 0.500. The predicted molar refractivity (Wildman–Crippen MR) is 156 cm³/mol. The summed E-state index contributed by atoms with van der Waals surface area (Å²) in [6, 6.07) is 0. The molecule has 24 heteroatoms. The van der Waals surface area contributed by atoms with Crippen LogP contribution in [-0.2, 0) is 41.4 Å². The Bertz CT molecular complexity index is 2070. The van der Waals surface area contributed by atoms with E-state index in [0.717, 1.165) is 6.33 Å². The number of aliphatic hydroxyl groups is 1. The third kappa shape index (κ3) is 5.94. The third-order valence-electron chi connectivity index (χ3n) is 7.76. The largest absolute Gasteiger partial charge is 0.472 e. The van der Waals surface area contributed by atoms with Crippen molar-refractivity contribution < 1.29 is 56.3 Å². The number of ether oxygens (including phenoxy) is 3.